The number of hydrogen-bond acceptors (Lipinski definition) is 3. The van der Waals surface area contributed by atoms with Gasteiger partial charge in [0.15, 0.2) is 0 Å². The summed E-state index contributed by atoms with van der Waals surface area (Å²) in [5.41, 5.74) is 2.55. The van der Waals surface area contributed by atoms with Gasteiger partial charge < -0.3 is 0 Å². The van der Waals surface area contributed by atoms with Gasteiger partial charge in [-0.1, -0.05) is 18.2 Å². The molecular weight excluding hydrogens is 220 g/mol. The summed E-state index contributed by atoms with van der Waals surface area (Å²) >= 11 is 1.42. The minimum Gasteiger partial charge on any atom is -0.266 e. The van der Waals surface area contributed by atoms with E-state index in [0.717, 1.165) is 19.3 Å². The lowest BCUT2D eigenvalue weighted by Crippen LogP contribution is -2.17. The van der Waals surface area contributed by atoms with Gasteiger partial charge in [-0.15, -0.1) is 11.3 Å². The van der Waals surface area contributed by atoms with Crippen molar-refractivity contribution >= 4 is 23.5 Å². The zero-order valence-corrected chi connectivity index (χ0v) is 9.74. The van der Waals surface area contributed by atoms with Crippen LogP contribution in [-0.2, 0) is 0 Å². The molecule has 2 rings (SSSR count). The van der Waals surface area contributed by atoms with E-state index in [2.05, 4.69) is 22.7 Å². The first kappa shape index (κ1) is 11.1. The third-order valence-corrected chi connectivity index (χ3v) is 3.37. The summed E-state index contributed by atoms with van der Waals surface area (Å²) in [4.78, 5) is 12.2. The number of carbonyl (C=O) groups is 1. The van der Waals surface area contributed by atoms with Gasteiger partial charge in [-0.2, -0.15) is 5.10 Å². The van der Waals surface area contributed by atoms with Crippen LogP contribution in [0.15, 0.2) is 34.8 Å². The Kier molecular flexibility index (Phi) is 3.88. The lowest BCUT2D eigenvalue weighted by atomic mass is 9.96. The van der Waals surface area contributed by atoms with Crippen LogP contribution in [0.1, 0.15) is 28.9 Å². The van der Waals surface area contributed by atoms with Crippen LogP contribution in [0.5, 0.6) is 0 Å². The van der Waals surface area contributed by atoms with Crippen molar-refractivity contribution in [3.8, 4) is 0 Å². The van der Waals surface area contributed by atoms with Crippen LogP contribution in [-0.4, -0.2) is 12.1 Å². The molecule has 0 saturated carbocycles. The molecule has 1 N–H and O–H groups in total. The minimum atomic E-state index is -0.127. The summed E-state index contributed by atoms with van der Waals surface area (Å²) in [7, 11) is 0. The number of amides is 1. The first-order valence-corrected chi connectivity index (χ1v) is 6.26. The molecule has 1 atom stereocenters. The Balaban J connectivity index is 1.80. The Bertz CT molecular complexity index is 395. The number of rotatable bonds is 3. The van der Waals surface area contributed by atoms with Gasteiger partial charge in [0.1, 0.15) is 0 Å². The smallest absolute Gasteiger partial charge is 0.266 e. The molecule has 3 nitrogen and oxygen atoms in total. The molecule has 0 fully saturated rings. The highest BCUT2D eigenvalue weighted by Crippen LogP contribution is 2.15. The van der Waals surface area contributed by atoms with Gasteiger partial charge in [-0.3, -0.25) is 4.79 Å². The quantitative estimate of drug-likeness (QED) is 0.487. The van der Waals surface area contributed by atoms with Crippen molar-refractivity contribution in [2.24, 2.45) is 11.0 Å². The van der Waals surface area contributed by atoms with Crippen LogP contribution in [0.4, 0.5) is 0 Å². The first-order valence-electron chi connectivity index (χ1n) is 5.38. The molecule has 4 heteroatoms. The summed E-state index contributed by atoms with van der Waals surface area (Å²) in [6, 6.07) is 3.65. The van der Waals surface area contributed by atoms with E-state index in [1.165, 1.54) is 11.3 Å². The van der Waals surface area contributed by atoms with Crippen LogP contribution >= 0.6 is 11.3 Å². The summed E-state index contributed by atoms with van der Waals surface area (Å²) in [6.07, 6.45) is 9.45. The van der Waals surface area contributed by atoms with E-state index in [1.54, 1.807) is 6.07 Å². The largest absolute Gasteiger partial charge is 0.281 e. The maximum absolute atomic E-state index is 11.5. The number of nitrogens with zero attached hydrogens (tertiary/aromatic N) is 1. The Morgan fingerprint density at radius 1 is 1.56 bits per heavy atom. The van der Waals surface area contributed by atoms with E-state index in [0.29, 0.717) is 10.8 Å². The van der Waals surface area contributed by atoms with Gasteiger partial charge in [0.05, 0.1) is 4.88 Å². The predicted octanol–water partition coefficient (Wildman–Crippen LogP) is 2.82. The second kappa shape index (κ2) is 5.61. The van der Waals surface area contributed by atoms with Crippen LogP contribution < -0.4 is 5.43 Å². The zero-order chi connectivity index (χ0) is 11.2. The molecule has 0 aliphatic heterocycles. The second-order valence-electron chi connectivity index (χ2n) is 3.74. The number of allylic oxidation sites excluding steroid dienone is 2. The number of hydrazone groups is 1. The highest BCUT2D eigenvalue weighted by molar-refractivity contribution is 7.12. The fourth-order valence-corrected chi connectivity index (χ4v) is 2.23. The monoisotopic (exact) mass is 234 g/mol. The fourth-order valence-electron chi connectivity index (χ4n) is 1.62. The molecule has 1 heterocycles. The van der Waals surface area contributed by atoms with Gasteiger partial charge in [-0.05, 0) is 36.6 Å². The van der Waals surface area contributed by atoms with Crippen molar-refractivity contribution in [3.63, 3.8) is 0 Å². The van der Waals surface area contributed by atoms with Gasteiger partial charge in [-0.25, -0.2) is 5.43 Å². The van der Waals surface area contributed by atoms with Crippen molar-refractivity contribution in [1.82, 2.24) is 5.43 Å². The SMILES string of the molecule is O=C(N/N=C/C1CC=CCC1)c1cccs1. The highest BCUT2D eigenvalue weighted by atomic mass is 32.1. The van der Waals surface area contributed by atoms with E-state index < -0.39 is 0 Å². The molecule has 1 aliphatic carbocycles. The van der Waals surface area contributed by atoms with E-state index in [-0.39, 0.29) is 5.91 Å². The number of hydrogen-bond donors (Lipinski definition) is 1. The average molecular weight is 234 g/mol. The Morgan fingerprint density at radius 3 is 3.19 bits per heavy atom. The number of thiophene rings is 1. The average Bonchev–Trinajstić information content (AvgIpc) is 2.84. The summed E-state index contributed by atoms with van der Waals surface area (Å²) < 4.78 is 0. The maximum atomic E-state index is 11.5. The molecule has 1 amide bonds. The lowest BCUT2D eigenvalue weighted by molar-refractivity contribution is 0.0959. The van der Waals surface area contributed by atoms with E-state index in [1.807, 2.05) is 17.7 Å². The summed E-state index contributed by atoms with van der Waals surface area (Å²) in [5, 5.41) is 5.88. The van der Waals surface area contributed by atoms with Crippen molar-refractivity contribution in [3.05, 3.63) is 34.5 Å². The summed E-state index contributed by atoms with van der Waals surface area (Å²) in [6.45, 7) is 0. The third kappa shape index (κ3) is 3.03. The molecule has 0 saturated heterocycles. The standard InChI is InChI=1S/C12H14N2OS/c15-12(11-7-4-8-16-11)14-13-9-10-5-2-1-3-6-10/h1-2,4,7-10H,3,5-6H2,(H,14,15)/b13-9+. The van der Waals surface area contributed by atoms with E-state index in [4.69, 9.17) is 0 Å². The van der Waals surface area contributed by atoms with Crippen molar-refractivity contribution < 1.29 is 4.79 Å². The second-order valence-corrected chi connectivity index (χ2v) is 4.69. The molecule has 1 aliphatic rings. The first-order chi connectivity index (χ1) is 7.86. The molecule has 0 spiro atoms. The Hall–Kier alpha value is -1.42. The van der Waals surface area contributed by atoms with Crippen LogP contribution in [0.25, 0.3) is 0 Å². The van der Waals surface area contributed by atoms with Gasteiger partial charge >= 0.3 is 0 Å². The number of carbonyl (C=O) groups excluding carboxylic acids is 1. The Morgan fingerprint density at radius 2 is 2.50 bits per heavy atom. The number of nitrogens with one attached hydrogen (secondary N) is 1. The lowest BCUT2D eigenvalue weighted by Gasteiger charge is -2.11. The van der Waals surface area contributed by atoms with E-state index >= 15 is 0 Å². The normalized spacial score (nSPS) is 20.1. The van der Waals surface area contributed by atoms with E-state index in [9.17, 15) is 4.79 Å². The molecule has 1 unspecified atom stereocenters. The molecule has 16 heavy (non-hydrogen) atoms. The fraction of sp³-hybridized carbons (Fsp3) is 0.333. The molecule has 0 aromatic carbocycles. The van der Waals surface area contributed by atoms with Crippen molar-refractivity contribution in [2.45, 2.75) is 19.3 Å². The topological polar surface area (TPSA) is 41.5 Å². The molecular formula is C12H14N2OS. The van der Waals surface area contributed by atoms with Gasteiger partial charge in [0.25, 0.3) is 5.91 Å². The molecule has 0 bridgehead atoms. The molecule has 1 aromatic heterocycles. The van der Waals surface area contributed by atoms with Gasteiger partial charge in [0.2, 0.25) is 0 Å². The third-order valence-electron chi connectivity index (χ3n) is 2.51. The minimum absolute atomic E-state index is 0.127. The van der Waals surface area contributed by atoms with Crippen LogP contribution in [0, 0.1) is 5.92 Å². The Labute approximate surface area is 98.9 Å². The predicted molar refractivity (Wildman–Crippen MR) is 66.8 cm³/mol. The highest BCUT2D eigenvalue weighted by Gasteiger charge is 2.07. The molecule has 0 radical (unpaired) electrons. The van der Waals surface area contributed by atoms with Gasteiger partial charge in [0, 0.05) is 6.21 Å². The van der Waals surface area contributed by atoms with Crippen molar-refractivity contribution in [1.29, 1.82) is 0 Å². The zero-order valence-electron chi connectivity index (χ0n) is 8.93. The maximum Gasteiger partial charge on any atom is 0.281 e. The van der Waals surface area contributed by atoms with Crippen LogP contribution in [0.3, 0.4) is 0 Å². The molecule has 1 aromatic rings. The molecule has 84 valence electrons. The summed E-state index contributed by atoms with van der Waals surface area (Å²) in [5.74, 6) is 0.339. The van der Waals surface area contributed by atoms with Crippen LogP contribution in [0.2, 0.25) is 0 Å². The van der Waals surface area contributed by atoms with Crippen molar-refractivity contribution in [2.75, 3.05) is 0 Å².